The molecule has 1 heterocycles. The Kier molecular flexibility index (Phi) is 4.15. The Morgan fingerprint density at radius 3 is 2.59 bits per heavy atom. The quantitative estimate of drug-likeness (QED) is 0.514. The highest BCUT2D eigenvalue weighted by molar-refractivity contribution is 5.93. The minimum atomic E-state index is -0.872. The molecular weight excluding hydrogens is 404 g/mol. The minimum Gasteiger partial charge on any atom is -0.497 e. The van der Waals surface area contributed by atoms with Gasteiger partial charge in [-0.05, 0) is 73.1 Å². The van der Waals surface area contributed by atoms with Crippen molar-refractivity contribution in [3.63, 3.8) is 0 Å². The fourth-order valence-electron chi connectivity index (χ4n) is 8.33. The van der Waals surface area contributed by atoms with Crippen molar-refractivity contribution < 1.29 is 23.7 Å². The summed E-state index contributed by atoms with van der Waals surface area (Å²) < 4.78 is 23.3. The van der Waals surface area contributed by atoms with Gasteiger partial charge >= 0.3 is 5.97 Å². The van der Waals surface area contributed by atoms with Crippen molar-refractivity contribution in [2.24, 2.45) is 22.2 Å². The molecule has 0 radical (unpaired) electrons. The Morgan fingerprint density at radius 2 is 1.88 bits per heavy atom. The predicted octanol–water partition coefficient (Wildman–Crippen LogP) is 4.56. The van der Waals surface area contributed by atoms with E-state index in [1.165, 1.54) is 18.2 Å². The molecule has 1 saturated heterocycles. The molecule has 5 aliphatic rings. The molecule has 0 N–H and O–H groups in total. The van der Waals surface area contributed by atoms with E-state index in [4.69, 9.17) is 18.9 Å². The van der Waals surface area contributed by atoms with Gasteiger partial charge in [-0.1, -0.05) is 31.2 Å². The number of methoxy groups -OCH3 is 2. The number of fused-ring (bicyclic) bond motifs is 3. The second kappa shape index (κ2) is 6.48. The first-order valence-electron chi connectivity index (χ1n) is 11.8. The molecule has 5 nitrogen and oxygen atoms in total. The third kappa shape index (κ3) is 2.10. The number of aryl methyl sites for hydroxylation is 1. The fourth-order valence-corrected chi connectivity index (χ4v) is 8.33. The van der Waals surface area contributed by atoms with Crippen LogP contribution < -0.4 is 4.74 Å². The summed E-state index contributed by atoms with van der Waals surface area (Å²) in [6.45, 7) is 5.47. The van der Waals surface area contributed by atoms with Crippen molar-refractivity contribution in [3.8, 4) is 5.75 Å². The standard InChI is InChI=1S/C27H32O5/c1-24-10-9-20-19-7-6-18(29-3)15-17(19)5-8-21(20)26(24)11-12-27(24,22(16-26)23(28)30-4)25(2)31-13-14-32-25/h6-7,11-12,15-16,20-21H,5,8-10,13-14H2,1-4H3/t20-,21-,24+,26?,27+/m1/s1. The van der Waals surface area contributed by atoms with E-state index in [0.717, 1.165) is 37.0 Å². The largest absolute Gasteiger partial charge is 0.497 e. The minimum absolute atomic E-state index is 0.201. The highest BCUT2D eigenvalue weighted by atomic mass is 16.7. The maximum absolute atomic E-state index is 13.2. The Hall–Kier alpha value is -2.11. The van der Waals surface area contributed by atoms with Crippen LogP contribution in [0.1, 0.15) is 50.2 Å². The summed E-state index contributed by atoms with van der Waals surface area (Å²) in [5.74, 6) is 0.681. The van der Waals surface area contributed by atoms with Crippen LogP contribution in [0.2, 0.25) is 0 Å². The molecule has 1 aromatic carbocycles. The van der Waals surface area contributed by atoms with Crippen molar-refractivity contribution in [1.82, 2.24) is 0 Å². The zero-order valence-electron chi connectivity index (χ0n) is 19.4. The number of esters is 1. The molecular formula is C27H32O5. The van der Waals surface area contributed by atoms with Gasteiger partial charge in [-0.2, -0.15) is 0 Å². The van der Waals surface area contributed by atoms with Gasteiger partial charge in [0.15, 0.2) is 5.79 Å². The number of hydrogen-bond acceptors (Lipinski definition) is 5. The molecule has 4 aliphatic carbocycles. The van der Waals surface area contributed by atoms with Gasteiger partial charge in [-0.25, -0.2) is 4.79 Å². The summed E-state index contributed by atoms with van der Waals surface area (Å²) in [4.78, 5) is 13.2. The van der Waals surface area contributed by atoms with E-state index in [-0.39, 0.29) is 16.8 Å². The van der Waals surface area contributed by atoms with Crippen molar-refractivity contribution >= 4 is 5.97 Å². The number of allylic oxidation sites excluding steroid dienone is 2. The number of rotatable bonds is 3. The van der Waals surface area contributed by atoms with Crippen LogP contribution in [0.3, 0.4) is 0 Å². The third-order valence-electron chi connectivity index (χ3n) is 9.73. The monoisotopic (exact) mass is 436 g/mol. The molecule has 0 aromatic heterocycles. The highest BCUT2D eigenvalue weighted by Crippen LogP contribution is 2.80. The van der Waals surface area contributed by atoms with Crippen molar-refractivity contribution in [3.05, 3.63) is 53.1 Å². The average Bonchev–Trinajstić information content (AvgIpc) is 3.45. The van der Waals surface area contributed by atoms with Crippen molar-refractivity contribution in [1.29, 1.82) is 0 Å². The van der Waals surface area contributed by atoms with Gasteiger partial charge in [0.2, 0.25) is 0 Å². The Bertz CT molecular complexity index is 1050. The highest BCUT2D eigenvalue weighted by Gasteiger charge is 2.78. The van der Waals surface area contributed by atoms with Crippen LogP contribution >= 0.6 is 0 Å². The molecule has 32 heavy (non-hydrogen) atoms. The molecule has 1 aromatic rings. The lowest BCUT2D eigenvalue weighted by Crippen LogP contribution is -2.59. The third-order valence-corrected chi connectivity index (χ3v) is 9.73. The van der Waals surface area contributed by atoms with E-state index >= 15 is 0 Å². The molecule has 1 aliphatic heterocycles. The van der Waals surface area contributed by atoms with Crippen LogP contribution in [-0.4, -0.2) is 39.2 Å². The van der Waals surface area contributed by atoms with E-state index < -0.39 is 11.2 Å². The number of carbonyl (C=O) groups excluding carboxylic acids is 1. The first-order chi connectivity index (χ1) is 15.4. The smallest absolute Gasteiger partial charge is 0.334 e. The van der Waals surface area contributed by atoms with Crippen molar-refractivity contribution in [2.45, 2.75) is 51.2 Å². The summed E-state index contributed by atoms with van der Waals surface area (Å²) in [7, 11) is 3.20. The number of ether oxygens (including phenoxy) is 4. The Morgan fingerprint density at radius 1 is 1.09 bits per heavy atom. The summed E-state index contributed by atoms with van der Waals surface area (Å²) in [6.07, 6.45) is 11.1. The van der Waals surface area contributed by atoms with E-state index in [9.17, 15) is 4.79 Å². The summed E-state index contributed by atoms with van der Waals surface area (Å²) >= 11 is 0. The van der Waals surface area contributed by atoms with Gasteiger partial charge in [-0.15, -0.1) is 0 Å². The van der Waals surface area contributed by atoms with Crippen LogP contribution in [0.25, 0.3) is 0 Å². The molecule has 1 unspecified atom stereocenters. The predicted molar refractivity (Wildman–Crippen MR) is 119 cm³/mol. The maximum Gasteiger partial charge on any atom is 0.334 e. The summed E-state index contributed by atoms with van der Waals surface area (Å²) in [6, 6.07) is 6.56. The van der Waals surface area contributed by atoms with Gasteiger partial charge in [-0.3, -0.25) is 0 Å². The SMILES string of the molecule is COC(=O)C1=CC23C=C[C@@]1(C1(C)OCCO1)[C@@]2(C)CC[C@@H]1c2ccc(OC)cc2CC[C@H]13. The van der Waals surface area contributed by atoms with Crippen LogP contribution in [0.5, 0.6) is 5.75 Å². The van der Waals surface area contributed by atoms with Crippen LogP contribution in [0.4, 0.5) is 0 Å². The van der Waals surface area contributed by atoms with E-state index in [0.29, 0.717) is 25.0 Å². The lowest BCUT2D eigenvalue weighted by molar-refractivity contribution is -0.239. The van der Waals surface area contributed by atoms with Gasteiger partial charge in [0, 0.05) is 5.41 Å². The lowest BCUT2D eigenvalue weighted by atomic mass is 9.45. The Labute approximate surface area is 189 Å². The molecule has 2 fully saturated rings. The molecule has 0 spiro atoms. The van der Waals surface area contributed by atoms with Crippen LogP contribution in [0.15, 0.2) is 42.0 Å². The molecule has 2 bridgehead atoms. The topological polar surface area (TPSA) is 54.0 Å². The van der Waals surface area contributed by atoms with E-state index in [1.807, 2.05) is 6.92 Å². The second-order valence-electron chi connectivity index (χ2n) is 10.5. The first-order valence-corrected chi connectivity index (χ1v) is 11.8. The number of carbonyl (C=O) groups is 1. The first kappa shape index (κ1) is 20.5. The molecule has 5 atom stereocenters. The average molecular weight is 437 g/mol. The zero-order valence-corrected chi connectivity index (χ0v) is 19.4. The molecule has 6 rings (SSSR count). The molecule has 5 heteroatoms. The van der Waals surface area contributed by atoms with Gasteiger partial charge < -0.3 is 18.9 Å². The summed E-state index contributed by atoms with van der Waals surface area (Å²) in [5.41, 5.74) is 2.51. The normalized spacial score (nSPS) is 40.3. The van der Waals surface area contributed by atoms with Crippen LogP contribution in [0, 0.1) is 22.2 Å². The van der Waals surface area contributed by atoms with Crippen LogP contribution in [-0.2, 0) is 25.4 Å². The molecule has 1 saturated carbocycles. The lowest BCUT2D eigenvalue weighted by Gasteiger charge is -2.59. The van der Waals surface area contributed by atoms with E-state index in [2.05, 4.69) is 43.4 Å². The van der Waals surface area contributed by atoms with Crippen molar-refractivity contribution in [2.75, 3.05) is 27.4 Å². The number of hydrogen-bond donors (Lipinski definition) is 0. The fraction of sp³-hybridized carbons (Fsp3) is 0.593. The second-order valence-corrected chi connectivity index (χ2v) is 10.5. The van der Waals surface area contributed by atoms with Gasteiger partial charge in [0.25, 0.3) is 0 Å². The number of benzene rings is 1. The summed E-state index contributed by atoms with van der Waals surface area (Å²) in [5, 5.41) is 0. The maximum atomic E-state index is 13.2. The van der Waals surface area contributed by atoms with Gasteiger partial charge in [0.1, 0.15) is 5.75 Å². The Balaban J connectivity index is 1.51. The molecule has 170 valence electrons. The van der Waals surface area contributed by atoms with E-state index in [1.54, 1.807) is 7.11 Å². The molecule has 0 amide bonds. The van der Waals surface area contributed by atoms with Gasteiger partial charge in [0.05, 0.1) is 38.4 Å². The zero-order chi connectivity index (χ0) is 22.4.